The lowest BCUT2D eigenvalue weighted by Crippen LogP contribution is -2.41. The predicted octanol–water partition coefficient (Wildman–Crippen LogP) is 5.13. The van der Waals surface area contributed by atoms with E-state index in [2.05, 4.69) is 5.32 Å². The highest BCUT2D eigenvalue weighted by Crippen LogP contribution is 2.14. The Labute approximate surface area is 183 Å². The van der Waals surface area contributed by atoms with Crippen LogP contribution in [-0.2, 0) is 14.4 Å². The van der Waals surface area contributed by atoms with E-state index in [1.807, 2.05) is 0 Å². The van der Waals surface area contributed by atoms with E-state index in [9.17, 15) is 14.4 Å². The van der Waals surface area contributed by atoms with Crippen LogP contribution in [-0.4, -0.2) is 35.4 Å². The van der Waals surface area contributed by atoms with Crippen molar-refractivity contribution < 1.29 is 19.5 Å². The van der Waals surface area contributed by atoms with E-state index in [0.29, 0.717) is 12.8 Å². The van der Waals surface area contributed by atoms with Crippen LogP contribution in [0.25, 0.3) is 0 Å². The molecule has 0 saturated heterocycles. The van der Waals surface area contributed by atoms with Crippen LogP contribution < -0.4 is 11.1 Å². The molecule has 1 atom stereocenters. The molecule has 0 heterocycles. The molecule has 0 aliphatic rings. The Morgan fingerprint density at radius 1 is 0.667 bits per heavy atom. The second-order valence-electron chi connectivity index (χ2n) is 8.51. The average Bonchev–Trinajstić information content (AvgIpc) is 2.71. The minimum atomic E-state index is -0.678. The molecule has 30 heavy (non-hydrogen) atoms. The van der Waals surface area contributed by atoms with Gasteiger partial charge in [-0.05, 0) is 19.8 Å². The summed E-state index contributed by atoms with van der Waals surface area (Å²) in [5.41, 5.74) is 5.29. The molecule has 6 nitrogen and oxygen atoms in total. The van der Waals surface area contributed by atoms with E-state index in [0.717, 1.165) is 25.7 Å². The molecule has 0 aromatic rings. The molecule has 0 bridgehead atoms. The van der Waals surface area contributed by atoms with Crippen molar-refractivity contribution >= 4 is 17.7 Å². The predicted molar refractivity (Wildman–Crippen MR) is 122 cm³/mol. The van der Waals surface area contributed by atoms with Gasteiger partial charge < -0.3 is 16.2 Å². The van der Waals surface area contributed by atoms with E-state index in [1.54, 1.807) is 6.92 Å². The molecule has 0 radical (unpaired) electrons. The first kappa shape index (κ1) is 28.6. The van der Waals surface area contributed by atoms with E-state index < -0.39 is 12.0 Å². The van der Waals surface area contributed by atoms with Crippen LogP contribution in [0.2, 0.25) is 0 Å². The Balaban J connectivity index is 3.22. The van der Waals surface area contributed by atoms with Crippen molar-refractivity contribution in [2.24, 2.45) is 5.73 Å². The molecule has 0 aromatic heterocycles. The van der Waals surface area contributed by atoms with Crippen molar-refractivity contribution in [1.82, 2.24) is 5.32 Å². The van der Waals surface area contributed by atoms with Gasteiger partial charge >= 0.3 is 5.97 Å². The largest absolute Gasteiger partial charge is 0.481 e. The number of carbonyl (C=O) groups excluding carboxylic acids is 2. The molecular weight excluding hydrogens is 380 g/mol. The van der Waals surface area contributed by atoms with Crippen LogP contribution in [0.15, 0.2) is 0 Å². The van der Waals surface area contributed by atoms with Crippen LogP contribution in [0, 0.1) is 0 Å². The molecule has 0 saturated carbocycles. The summed E-state index contributed by atoms with van der Waals surface area (Å²) in [6.07, 6.45) is 20.0. The Bertz CT molecular complexity index is 454. The molecule has 176 valence electrons. The van der Waals surface area contributed by atoms with Gasteiger partial charge in [-0.2, -0.15) is 0 Å². The summed E-state index contributed by atoms with van der Waals surface area (Å²) in [6, 6.07) is -0.474. The van der Waals surface area contributed by atoms with Crippen molar-refractivity contribution in [3.05, 3.63) is 0 Å². The molecule has 6 heteroatoms. The van der Waals surface area contributed by atoms with Crippen molar-refractivity contribution in [1.29, 1.82) is 0 Å². The van der Waals surface area contributed by atoms with Gasteiger partial charge in [-0.15, -0.1) is 0 Å². The van der Waals surface area contributed by atoms with Crippen LogP contribution >= 0.6 is 0 Å². The number of carboxylic acids is 1. The first-order valence-electron chi connectivity index (χ1n) is 12.2. The summed E-state index contributed by atoms with van der Waals surface area (Å²) in [5, 5.41) is 11.3. The zero-order chi connectivity index (χ0) is 22.5. The van der Waals surface area contributed by atoms with E-state index in [4.69, 9.17) is 10.8 Å². The third-order valence-corrected chi connectivity index (χ3v) is 5.61. The monoisotopic (exact) mass is 426 g/mol. The fraction of sp³-hybridized carbons (Fsp3) is 0.875. The van der Waals surface area contributed by atoms with Crippen molar-refractivity contribution in [2.75, 3.05) is 6.54 Å². The number of nitrogens with two attached hydrogens (primary N) is 1. The minimum Gasteiger partial charge on any atom is -0.481 e. The summed E-state index contributed by atoms with van der Waals surface area (Å²) in [7, 11) is 0. The number of unbranched alkanes of at least 4 members (excludes halogenated alkanes) is 15. The van der Waals surface area contributed by atoms with Crippen LogP contribution in [0.5, 0.6) is 0 Å². The summed E-state index contributed by atoms with van der Waals surface area (Å²) < 4.78 is 0. The summed E-state index contributed by atoms with van der Waals surface area (Å²) in [5.74, 6) is -0.862. The molecular formula is C24H46N2O4. The van der Waals surface area contributed by atoms with Crippen LogP contribution in [0.3, 0.4) is 0 Å². The zero-order valence-corrected chi connectivity index (χ0v) is 19.3. The minimum absolute atomic E-state index is 0.0287. The molecule has 1 amide bonds. The third-order valence-electron chi connectivity index (χ3n) is 5.61. The SMILES string of the molecule is C[C@H](NC(=O)CCCCCCCCCCCCCCCCCCC(=O)O)C(=O)CN. The highest BCUT2D eigenvalue weighted by Gasteiger charge is 2.13. The number of amides is 1. The molecule has 4 N–H and O–H groups in total. The Hall–Kier alpha value is -1.43. The average molecular weight is 427 g/mol. The number of carboxylic acid groups (broad SMARTS) is 1. The normalized spacial score (nSPS) is 11.9. The number of hydrogen-bond donors (Lipinski definition) is 3. The molecule has 0 aromatic carbocycles. The number of ketones is 1. The zero-order valence-electron chi connectivity index (χ0n) is 19.3. The van der Waals surface area contributed by atoms with Crippen LogP contribution in [0.4, 0.5) is 0 Å². The fourth-order valence-electron chi connectivity index (χ4n) is 3.61. The lowest BCUT2D eigenvalue weighted by atomic mass is 10.0. The topological polar surface area (TPSA) is 109 Å². The molecule has 0 fully saturated rings. The first-order valence-corrected chi connectivity index (χ1v) is 12.2. The summed E-state index contributed by atoms with van der Waals surface area (Å²) in [6.45, 7) is 1.65. The standard InChI is InChI=1S/C24H46N2O4/c1-21(22(27)20-25)26-23(28)18-16-14-12-10-8-6-4-2-3-5-7-9-11-13-15-17-19-24(29)30/h21H,2-20,25H2,1H3,(H,26,28)(H,29,30)/t21-/m0/s1. The number of carbonyl (C=O) groups is 3. The van der Waals surface area contributed by atoms with E-state index in [-0.39, 0.29) is 18.2 Å². The van der Waals surface area contributed by atoms with Gasteiger partial charge in [0, 0.05) is 12.8 Å². The van der Waals surface area contributed by atoms with Gasteiger partial charge in [-0.3, -0.25) is 14.4 Å². The number of hydrogen-bond acceptors (Lipinski definition) is 4. The van der Waals surface area contributed by atoms with E-state index in [1.165, 1.54) is 77.0 Å². The van der Waals surface area contributed by atoms with Crippen molar-refractivity contribution in [2.45, 2.75) is 129 Å². The number of aliphatic carboxylic acids is 1. The third kappa shape index (κ3) is 19.9. The Morgan fingerprint density at radius 2 is 1.00 bits per heavy atom. The molecule has 0 rings (SSSR count). The number of nitrogens with one attached hydrogen (secondary N) is 1. The van der Waals surface area contributed by atoms with Gasteiger partial charge in [-0.1, -0.05) is 89.9 Å². The van der Waals surface area contributed by atoms with Gasteiger partial charge in [0.2, 0.25) is 5.91 Å². The lowest BCUT2D eigenvalue weighted by molar-refractivity contribution is -0.137. The summed E-state index contributed by atoms with van der Waals surface area (Å²) in [4.78, 5) is 33.5. The molecule has 0 unspecified atom stereocenters. The number of Topliss-reactive ketones (excluding diaryl/α,β-unsaturated/α-hetero) is 1. The molecule has 0 aliphatic carbocycles. The van der Waals surface area contributed by atoms with Gasteiger partial charge in [-0.25, -0.2) is 0 Å². The smallest absolute Gasteiger partial charge is 0.303 e. The van der Waals surface area contributed by atoms with Crippen molar-refractivity contribution in [3.8, 4) is 0 Å². The maximum atomic E-state index is 11.7. The van der Waals surface area contributed by atoms with Gasteiger partial charge in [0.1, 0.15) is 0 Å². The highest BCUT2D eigenvalue weighted by molar-refractivity contribution is 5.89. The lowest BCUT2D eigenvalue weighted by Gasteiger charge is -2.11. The first-order chi connectivity index (χ1) is 14.5. The fourth-order valence-corrected chi connectivity index (χ4v) is 3.61. The highest BCUT2D eigenvalue weighted by atomic mass is 16.4. The maximum Gasteiger partial charge on any atom is 0.303 e. The van der Waals surface area contributed by atoms with Gasteiger partial charge in [0.05, 0.1) is 12.6 Å². The van der Waals surface area contributed by atoms with Crippen LogP contribution in [0.1, 0.15) is 122 Å². The van der Waals surface area contributed by atoms with Gasteiger partial charge in [0.25, 0.3) is 0 Å². The van der Waals surface area contributed by atoms with Crippen molar-refractivity contribution in [3.63, 3.8) is 0 Å². The van der Waals surface area contributed by atoms with E-state index >= 15 is 0 Å². The molecule has 0 aliphatic heterocycles. The Morgan fingerprint density at radius 3 is 1.33 bits per heavy atom. The maximum absolute atomic E-state index is 11.7. The quantitative estimate of drug-likeness (QED) is 0.208. The molecule has 0 spiro atoms. The number of rotatable bonds is 22. The second kappa shape index (κ2) is 20.8. The Kier molecular flexibility index (Phi) is 19.8. The van der Waals surface area contributed by atoms with Gasteiger partial charge in [0.15, 0.2) is 5.78 Å². The summed E-state index contributed by atoms with van der Waals surface area (Å²) >= 11 is 0. The second-order valence-corrected chi connectivity index (χ2v) is 8.51.